The van der Waals surface area contributed by atoms with E-state index >= 15 is 0 Å². The number of hydrogen-bond acceptors (Lipinski definition) is 5. The number of carbonyl (C=O) groups is 3. The highest BCUT2D eigenvalue weighted by molar-refractivity contribution is 5.93. The van der Waals surface area contributed by atoms with Crippen LogP contribution in [0.25, 0.3) is 11.3 Å². The van der Waals surface area contributed by atoms with Crippen molar-refractivity contribution in [1.29, 1.82) is 0 Å². The molecule has 3 aromatic carbocycles. The van der Waals surface area contributed by atoms with E-state index in [4.69, 9.17) is 4.84 Å². The van der Waals surface area contributed by atoms with Gasteiger partial charge in [0, 0.05) is 5.56 Å². The van der Waals surface area contributed by atoms with Crippen LogP contribution in [-0.4, -0.2) is 41.5 Å². The lowest BCUT2D eigenvalue weighted by Gasteiger charge is -2.23. The lowest BCUT2D eigenvalue weighted by atomic mass is 9.98. The predicted molar refractivity (Wildman–Crippen MR) is 152 cm³/mol. The van der Waals surface area contributed by atoms with Gasteiger partial charge in [0.1, 0.15) is 12.3 Å². The number of carbonyl (C=O) groups excluding carboxylic acids is 3. The summed E-state index contributed by atoms with van der Waals surface area (Å²) in [6.07, 6.45) is 1.72. The topological polar surface area (TPSA) is 101 Å². The quantitative estimate of drug-likeness (QED) is 0.141. The molecule has 4 aromatic rings. The van der Waals surface area contributed by atoms with Crippen LogP contribution in [0.5, 0.6) is 0 Å². The molecule has 40 heavy (non-hydrogen) atoms. The fourth-order valence-corrected chi connectivity index (χ4v) is 4.14. The van der Waals surface area contributed by atoms with E-state index in [1.165, 1.54) is 0 Å². The summed E-state index contributed by atoms with van der Waals surface area (Å²) >= 11 is 0. The molecule has 0 aliphatic carbocycles. The maximum absolute atomic E-state index is 13.2. The highest BCUT2D eigenvalue weighted by atomic mass is 16.7. The lowest BCUT2D eigenvalue weighted by Crippen LogP contribution is -2.43. The molecule has 0 saturated carbocycles. The molecule has 8 heteroatoms. The molecule has 0 spiro atoms. The van der Waals surface area contributed by atoms with Gasteiger partial charge in [-0.2, -0.15) is 0 Å². The number of nitrogens with one attached hydrogen (secondary N) is 2. The first-order valence-electron chi connectivity index (χ1n) is 13.1. The van der Waals surface area contributed by atoms with Crippen LogP contribution in [0, 0.1) is 5.92 Å². The molecule has 0 bridgehead atoms. The number of benzene rings is 3. The van der Waals surface area contributed by atoms with E-state index in [0.29, 0.717) is 24.9 Å². The molecule has 0 radical (unpaired) electrons. The normalized spacial score (nSPS) is 11.3. The second-order valence-electron chi connectivity index (χ2n) is 9.18. The molecule has 1 atom stereocenters. The molecule has 4 rings (SSSR count). The second kappa shape index (κ2) is 14.9. The molecule has 0 unspecified atom stereocenters. The van der Waals surface area contributed by atoms with Crippen LogP contribution in [-0.2, 0) is 27.5 Å². The average molecular weight is 537 g/mol. The highest BCUT2D eigenvalue weighted by Crippen LogP contribution is 2.16. The Balaban J connectivity index is 1.34. The predicted octanol–water partition coefficient (Wildman–Crippen LogP) is 4.39. The van der Waals surface area contributed by atoms with Gasteiger partial charge in [-0.1, -0.05) is 97.1 Å². The van der Waals surface area contributed by atoms with Crippen molar-refractivity contribution in [3.8, 4) is 11.3 Å². The Labute approximate surface area is 234 Å². The summed E-state index contributed by atoms with van der Waals surface area (Å²) in [5.74, 6) is -1.25. The van der Waals surface area contributed by atoms with Gasteiger partial charge in [0.2, 0.25) is 12.3 Å². The third-order valence-corrected chi connectivity index (χ3v) is 6.32. The molecule has 0 fully saturated rings. The molecular formula is C32H32N4O4. The summed E-state index contributed by atoms with van der Waals surface area (Å²) in [7, 11) is 0. The number of pyridine rings is 1. The Morgan fingerprint density at radius 1 is 0.800 bits per heavy atom. The van der Waals surface area contributed by atoms with Crippen LogP contribution >= 0.6 is 0 Å². The summed E-state index contributed by atoms with van der Waals surface area (Å²) in [6, 6.07) is 34.1. The van der Waals surface area contributed by atoms with Crippen molar-refractivity contribution < 1.29 is 19.2 Å². The number of aryl methyl sites for hydroxylation is 1. The molecule has 0 aliphatic heterocycles. The zero-order chi connectivity index (χ0) is 28.0. The Bertz CT molecular complexity index is 1370. The summed E-state index contributed by atoms with van der Waals surface area (Å²) in [5, 5.41) is 6.63. The van der Waals surface area contributed by atoms with E-state index in [0.717, 1.165) is 21.8 Å². The van der Waals surface area contributed by atoms with E-state index in [2.05, 4.69) is 15.6 Å². The van der Waals surface area contributed by atoms with Gasteiger partial charge in [0.15, 0.2) is 0 Å². The first-order chi connectivity index (χ1) is 19.6. The molecule has 204 valence electrons. The van der Waals surface area contributed by atoms with Gasteiger partial charge in [-0.15, -0.1) is 0 Å². The van der Waals surface area contributed by atoms with Gasteiger partial charge in [-0.3, -0.25) is 19.2 Å². The molecular weight excluding hydrogens is 504 g/mol. The van der Waals surface area contributed by atoms with Crippen LogP contribution in [0.15, 0.2) is 109 Å². The number of hydroxylamine groups is 2. The first kappa shape index (κ1) is 28.2. The van der Waals surface area contributed by atoms with Crippen LogP contribution in [0.1, 0.15) is 28.0 Å². The molecule has 1 heterocycles. The van der Waals surface area contributed by atoms with Crippen LogP contribution in [0.2, 0.25) is 0 Å². The Morgan fingerprint density at radius 2 is 1.45 bits per heavy atom. The SMILES string of the molecule is O=CN(C[C@@H](CCc1ccccc1)C(=O)NCNC(=O)c1cccc(-c2ccccc2)n1)OCc1ccccc1. The summed E-state index contributed by atoms with van der Waals surface area (Å²) < 4.78 is 0. The number of rotatable bonds is 14. The van der Waals surface area contributed by atoms with E-state index in [1.807, 2.05) is 97.1 Å². The van der Waals surface area contributed by atoms with E-state index in [9.17, 15) is 14.4 Å². The zero-order valence-corrected chi connectivity index (χ0v) is 22.1. The standard InChI is InChI=1S/C32H32N4O4/c37-24-36(40-22-26-13-6-2-7-14-26)21-28(20-19-25-11-4-1-5-12-25)31(38)33-23-34-32(39)30-18-10-17-29(35-30)27-15-8-3-9-16-27/h1-18,24,28H,19-23H2,(H,33,38)(H,34,39)/t28-/m1/s1. The van der Waals surface area contributed by atoms with Crippen LogP contribution in [0.4, 0.5) is 0 Å². The molecule has 0 aliphatic rings. The Hall–Kier alpha value is -4.82. The van der Waals surface area contributed by atoms with E-state index in [1.54, 1.807) is 12.1 Å². The van der Waals surface area contributed by atoms with E-state index < -0.39 is 11.8 Å². The van der Waals surface area contributed by atoms with Gasteiger partial charge >= 0.3 is 0 Å². The maximum Gasteiger partial charge on any atom is 0.271 e. The third-order valence-electron chi connectivity index (χ3n) is 6.32. The lowest BCUT2D eigenvalue weighted by molar-refractivity contribution is -0.182. The second-order valence-corrected chi connectivity index (χ2v) is 9.18. The highest BCUT2D eigenvalue weighted by Gasteiger charge is 2.22. The first-order valence-corrected chi connectivity index (χ1v) is 13.1. The van der Waals surface area contributed by atoms with Crippen molar-refractivity contribution in [2.45, 2.75) is 19.4 Å². The smallest absolute Gasteiger partial charge is 0.271 e. The van der Waals surface area contributed by atoms with Gasteiger partial charge < -0.3 is 10.6 Å². The van der Waals surface area contributed by atoms with Crippen LogP contribution < -0.4 is 10.6 Å². The fourth-order valence-electron chi connectivity index (χ4n) is 4.14. The van der Waals surface area contributed by atoms with Gasteiger partial charge in [-0.05, 0) is 36.1 Å². The number of hydrogen-bond donors (Lipinski definition) is 2. The fraction of sp³-hybridized carbons (Fsp3) is 0.188. The molecule has 3 amide bonds. The minimum atomic E-state index is -0.558. The van der Waals surface area contributed by atoms with E-state index in [-0.39, 0.29) is 31.4 Å². The van der Waals surface area contributed by atoms with Crippen molar-refractivity contribution in [2.75, 3.05) is 13.2 Å². The monoisotopic (exact) mass is 536 g/mol. The maximum atomic E-state index is 13.2. The average Bonchev–Trinajstić information content (AvgIpc) is 3.02. The summed E-state index contributed by atoms with van der Waals surface area (Å²) in [5.41, 5.74) is 3.83. The molecule has 2 N–H and O–H groups in total. The Kier molecular flexibility index (Phi) is 10.5. The number of aromatic nitrogens is 1. The minimum absolute atomic E-state index is 0.0730. The number of nitrogens with zero attached hydrogens (tertiary/aromatic N) is 2. The third kappa shape index (κ3) is 8.61. The van der Waals surface area contributed by atoms with Gasteiger partial charge in [0.25, 0.3) is 5.91 Å². The molecule has 8 nitrogen and oxygen atoms in total. The van der Waals surface area contributed by atoms with Crippen molar-refractivity contribution in [2.24, 2.45) is 5.92 Å². The summed E-state index contributed by atoms with van der Waals surface area (Å²) in [6.45, 7) is 0.198. The van der Waals surface area contributed by atoms with Crippen molar-refractivity contribution in [3.63, 3.8) is 0 Å². The van der Waals surface area contributed by atoms with Crippen LogP contribution in [0.3, 0.4) is 0 Å². The van der Waals surface area contributed by atoms with Crippen molar-refractivity contribution in [3.05, 3.63) is 126 Å². The van der Waals surface area contributed by atoms with Crippen molar-refractivity contribution >= 4 is 18.2 Å². The molecule has 0 saturated heterocycles. The zero-order valence-electron chi connectivity index (χ0n) is 22.1. The Morgan fingerprint density at radius 3 is 2.12 bits per heavy atom. The minimum Gasteiger partial charge on any atom is -0.338 e. The summed E-state index contributed by atoms with van der Waals surface area (Å²) in [4.78, 5) is 47.8. The van der Waals surface area contributed by atoms with Crippen molar-refractivity contribution in [1.82, 2.24) is 20.7 Å². The van der Waals surface area contributed by atoms with Gasteiger partial charge in [0.05, 0.1) is 24.8 Å². The molecule has 1 aromatic heterocycles. The van der Waals surface area contributed by atoms with Gasteiger partial charge in [-0.25, -0.2) is 10.0 Å². The largest absolute Gasteiger partial charge is 0.338 e. The number of amides is 3.